The molecule has 0 amide bonds. The number of nitrogens with zero attached hydrogens (tertiary/aromatic N) is 3. The van der Waals surface area contributed by atoms with Crippen molar-refractivity contribution in [2.24, 2.45) is 5.73 Å². The number of rotatable bonds is 6. The monoisotopic (exact) mass is 291 g/mol. The Balaban J connectivity index is 2.35. The molecule has 0 aromatic carbocycles. The molecular formula is C15H25N5O. The molecule has 2 heterocycles. The highest BCUT2D eigenvalue weighted by atomic mass is 16.5. The molecule has 1 aromatic rings. The maximum Gasteiger partial charge on any atom is 0.162 e. The van der Waals surface area contributed by atoms with Crippen LogP contribution in [-0.4, -0.2) is 42.3 Å². The first-order valence-electron chi connectivity index (χ1n) is 7.64. The average Bonchev–Trinajstić information content (AvgIpc) is 2.98. The second-order valence-electron chi connectivity index (χ2n) is 5.46. The molecule has 21 heavy (non-hydrogen) atoms. The van der Waals surface area contributed by atoms with Gasteiger partial charge in [-0.1, -0.05) is 13.8 Å². The summed E-state index contributed by atoms with van der Waals surface area (Å²) in [6.07, 6.45) is 4.01. The number of nitrogens with two attached hydrogens (primary N) is 1. The third-order valence-electron chi connectivity index (χ3n) is 3.96. The van der Waals surface area contributed by atoms with E-state index < -0.39 is 0 Å². The quantitative estimate of drug-likeness (QED) is 0.612. The highest BCUT2D eigenvalue weighted by Crippen LogP contribution is 2.24. The zero-order valence-electron chi connectivity index (χ0n) is 13.1. The lowest BCUT2D eigenvalue weighted by Crippen LogP contribution is -2.32. The number of nitrogen functional groups attached to an aromatic ring is 1. The van der Waals surface area contributed by atoms with Gasteiger partial charge in [-0.15, -0.1) is 5.10 Å². The van der Waals surface area contributed by atoms with Crippen LogP contribution in [0.5, 0.6) is 0 Å². The number of aromatic nitrogens is 2. The van der Waals surface area contributed by atoms with Gasteiger partial charge in [-0.2, -0.15) is 5.10 Å². The van der Waals surface area contributed by atoms with Crippen molar-refractivity contribution in [3.63, 3.8) is 0 Å². The van der Waals surface area contributed by atoms with Gasteiger partial charge in [0.1, 0.15) is 5.84 Å². The smallest absolute Gasteiger partial charge is 0.162 e. The SMILES string of the molecule is CCc1nnc(N(C)CC2CCCO2)c(C(=N)N)c1CC. The number of amidine groups is 1. The zero-order chi connectivity index (χ0) is 15.4. The lowest BCUT2D eigenvalue weighted by molar-refractivity contribution is 0.116. The Hall–Kier alpha value is -1.69. The number of nitrogens with one attached hydrogen (secondary N) is 1. The van der Waals surface area contributed by atoms with Crippen molar-refractivity contribution < 1.29 is 4.74 Å². The number of ether oxygens (including phenoxy) is 1. The van der Waals surface area contributed by atoms with Crippen molar-refractivity contribution in [3.8, 4) is 0 Å². The van der Waals surface area contributed by atoms with Crippen molar-refractivity contribution in [2.75, 3.05) is 25.1 Å². The summed E-state index contributed by atoms with van der Waals surface area (Å²) >= 11 is 0. The van der Waals surface area contributed by atoms with Crippen molar-refractivity contribution >= 4 is 11.7 Å². The van der Waals surface area contributed by atoms with Crippen LogP contribution in [0, 0.1) is 5.41 Å². The van der Waals surface area contributed by atoms with Crippen molar-refractivity contribution in [1.29, 1.82) is 5.41 Å². The first kappa shape index (κ1) is 15.7. The van der Waals surface area contributed by atoms with Gasteiger partial charge in [-0.05, 0) is 31.2 Å². The number of likely N-dealkylation sites (N-methyl/N-ethyl adjacent to an activating group) is 1. The predicted molar refractivity (Wildman–Crippen MR) is 84.0 cm³/mol. The standard InChI is InChI=1S/C15H25N5O/c1-4-11-12(5-2)18-19-15(13(11)14(16)17)20(3)9-10-7-6-8-21-10/h10H,4-9H2,1-3H3,(H3,16,17). The minimum absolute atomic E-state index is 0.0608. The number of hydrogen-bond donors (Lipinski definition) is 2. The Kier molecular flexibility index (Phi) is 5.12. The molecule has 1 saturated heterocycles. The third kappa shape index (κ3) is 3.32. The van der Waals surface area contributed by atoms with E-state index in [1.165, 1.54) is 0 Å². The number of anilines is 1. The van der Waals surface area contributed by atoms with Crippen LogP contribution in [0.25, 0.3) is 0 Å². The van der Waals surface area contributed by atoms with Crippen LogP contribution in [0.4, 0.5) is 5.82 Å². The van der Waals surface area contributed by atoms with Crippen molar-refractivity contribution in [3.05, 3.63) is 16.8 Å². The minimum Gasteiger partial charge on any atom is -0.384 e. The Labute approximate surface area is 126 Å². The molecule has 1 aliphatic rings. The van der Waals surface area contributed by atoms with Crippen LogP contribution in [-0.2, 0) is 17.6 Å². The topological polar surface area (TPSA) is 88.1 Å². The first-order valence-corrected chi connectivity index (χ1v) is 7.64. The van der Waals surface area contributed by atoms with Gasteiger partial charge in [-0.3, -0.25) is 5.41 Å². The van der Waals surface area contributed by atoms with Crippen LogP contribution in [0.3, 0.4) is 0 Å². The van der Waals surface area contributed by atoms with Gasteiger partial charge in [0, 0.05) is 20.2 Å². The van der Waals surface area contributed by atoms with Gasteiger partial charge in [0.15, 0.2) is 5.82 Å². The lowest BCUT2D eigenvalue weighted by atomic mass is 10.0. The Morgan fingerprint density at radius 3 is 2.67 bits per heavy atom. The Morgan fingerprint density at radius 1 is 1.38 bits per heavy atom. The van der Waals surface area contributed by atoms with Gasteiger partial charge >= 0.3 is 0 Å². The van der Waals surface area contributed by atoms with E-state index in [9.17, 15) is 0 Å². The summed E-state index contributed by atoms with van der Waals surface area (Å²) in [5.74, 6) is 0.748. The van der Waals surface area contributed by atoms with Crippen LogP contribution < -0.4 is 10.6 Å². The van der Waals surface area contributed by atoms with E-state index in [0.29, 0.717) is 5.82 Å². The summed E-state index contributed by atoms with van der Waals surface area (Å²) in [7, 11) is 1.96. The molecule has 2 rings (SSSR count). The highest BCUT2D eigenvalue weighted by Gasteiger charge is 2.23. The molecule has 1 aromatic heterocycles. The maximum absolute atomic E-state index is 7.92. The van der Waals surface area contributed by atoms with E-state index in [1.54, 1.807) is 0 Å². The molecule has 1 unspecified atom stereocenters. The molecule has 0 aliphatic carbocycles. The molecule has 1 aliphatic heterocycles. The van der Waals surface area contributed by atoms with E-state index in [4.69, 9.17) is 15.9 Å². The molecule has 1 atom stereocenters. The summed E-state index contributed by atoms with van der Waals surface area (Å²) in [5, 5.41) is 16.6. The third-order valence-corrected chi connectivity index (χ3v) is 3.96. The molecule has 6 nitrogen and oxygen atoms in total. The zero-order valence-corrected chi connectivity index (χ0v) is 13.1. The second-order valence-corrected chi connectivity index (χ2v) is 5.46. The van der Waals surface area contributed by atoms with E-state index >= 15 is 0 Å². The summed E-state index contributed by atoms with van der Waals surface area (Å²) in [4.78, 5) is 2.01. The molecular weight excluding hydrogens is 266 g/mol. The highest BCUT2D eigenvalue weighted by molar-refractivity contribution is 6.01. The Bertz CT molecular complexity index is 511. The number of hydrogen-bond acceptors (Lipinski definition) is 5. The lowest BCUT2D eigenvalue weighted by Gasteiger charge is -2.25. The van der Waals surface area contributed by atoms with Crippen molar-refractivity contribution in [1.82, 2.24) is 10.2 Å². The summed E-state index contributed by atoms with van der Waals surface area (Å²) in [6.45, 7) is 5.69. The summed E-state index contributed by atoms with van der Waals surface area (Å²) < 4.78 is 5.67. The van der Waals surface area contributed by atoms with E-state index in [-0.39, 0.29) is 11.9 Å². The average molecular weight is 291 g/mol. The fourth-order valence-electron chi connectivity index (χ4n) is 2.89. The summed E-state index contributed by atoms with van der Waals surface area (Å²) in [5.41, 5.74) is 8.51. The van der Waals surface area contributed by atoms with Gasteiger partial charge in [0.05, 0.1) is 17.4 Å². The predicted octanol–water partition coefficient (Wildman–Crippen LogP) is 1.50. The fraction of sp³-hybridized carbons (Fsp3) is 0.667. The molecule has 1 fully saturated rings. The second kappa shape index (κ2) is 6.85. The van der Waals surface area contributed by atoms with Gasteiger partial charge in [0.2, 0.25) is 0 Å². The van der Waals surface area contributed by atoms with Crippen LogP contribution in [0.2, 0.25) is 0 Å². The Morgan fingerprint density at radius 2 is 2.14 bits per heavy atom. The van der Waals surface area contributed by atoms with Crippen LogP contribution in [0.1, 0.15) is 43.5 Å². The van der Waals surface area contributed by atoms with Gasteiger partial charge < -0.3 is 15.4 Å². The van der Waals surface area contributed by atoms with E-state index in [2.05, 4.69) is 17.1 Å². The van der Waals surface area contributed by atoms with Crippen LogP contribution >= 0.6 is 0 Å². The molecule has 116 valence electrons. The normalized spacial score (nSPS) is 18.0. The van der Waals surface area contributed by atoms with Gasteiger partial charge in [-0.25, -0.2) is 0 Å². The molecule has 0 radical (unpaired) electrons. The molecule has 0 spiro atoms. The van der Waals surface area contributed by atoms with E-state index in [0.717, 1.165) is 55.7 Å². The first-order chi connectivity index (χ1) is 10.1. The number of aryl methyl sites for hydroxylation is 1. The molecule has 0 bridgehead atoms. The van der Waals surface area contributed by atoms with Gasteiger partial charge in [0.25, 0.3) is 0 Å². The van der Waals surface area contributed by atoms with Crippen molar-refractivity contribution in [2.45, 2.75) is 45.6 Å². The van der Waals surface area contributed by atoms with E-state index in [1.807, 2.05) is 18.9 Å². The molecule has 3 N–H and O–H groups in total. The largest absolute Gasteiger partial charge is 0.384 e. The molecule has 0 saturated carbocycles. The van der Waals surface area contributed by atoms with Crippen LogP contribution in [0.15, 0.2) is 0 Å². The summed E-state index contributed by atoms with van der Waals surface area (Å²) in [6, 6.07) is 0. The fourth-order valence-corrected chi connectivity index (χ4v) is 2.89. The molecule has 6 heteroatoms. The minimum atomic E-state index is 0.0608. The maximum atomic E-state index is 7.92.